The molecule has 5 aliphatic heterocycles. The fourth-order valence-corrected chi connectivity index (χ4v) is 13.3. The van der Waals surface area contributed by atoms with Crippen LogP contribution in [-0.4, -0.2) is 210 Å². The van der Waals surface area contributed by atoms with Gasteiger partial charge in [-0.1, -0.05) is 27.2 Å². The number of benzene rings is 1. The number of aromatic amines is 1. The van der Waals surface area contributed by atoms with Gasteiger partial charge in [0.05, 0.1) is 73.5 Å². The summed E-state index contributed by atoms with van der Waals surface area (Å²) in [7, 11) is -1.02. The van der Waals surface area contributed by atoms with Gasteiger partial charge in [0, 0.05) is 104 Å². The third-order valence-electron chi connectivity index (χ3n) is 15.8. The summed E-state index contributed by atoms with van der Waals surface area (Å²) < 4.78 is 21.1. The Morgan fingerprint density at radius 1 is 0.890 bits per heavy atom. The van der Waals surface area contributed by atoms with E-state index in [1.165, 1.54) is 25.8 Å². The lowest BCUT2D eigenvalue weighted by atomic mass is 9.85. The van der Waals surface area contributed by atoms with Gasteiger partial charge in [-0.05, 0) is 30.0 Å². The van der Waals surface area contributed by atoms with Crippen LogP contribution in [0.2, 0.25) is 0 Å². The molecule has 7 rings (SSSR count). The van der Waals surface area contributed by atoms with E-state index in [0.29, 0.717) is 41.7 Å². The lowest BCUT2D eigenvalue weighted by Gasteiger charge is -2.39. The minimum Gasteiger partial charge on any atom is -0.496 e. The number of thioether (sulfide) groups is 1. The number of hydrogen-bond donors (Lipinski definition) is 10. The van der Waals surface area contributed by atoms with Crippen LogP contribution in [0.5, 0.6) is 5.75 Å². The standard InChI is InChI=1S/C53H70N10O17S2/c1-5-25(2)32-14-28(65)17-55-48(74)27-12-33-31-6-7-40(80-4)34(23-81-30-20-61(21-30)43(71)10-11-62-44(72)8-9-45(62)73)47(31)60-52(33)82(79)24-36(57-42(70)18-56-49(32)75)50(76)58-35(16-41(54)69)53(78)63-19-29(66)15-37(63)51(77)59-46(38(67)13-27)26(3)39(68)22-64/h6-9,25-27,29-30,32,35-37,39,46,60,64,66,68H,5,10-24H2,1-4H3,(H2,54,69)(H,55,74)(H,56,75)(H,57,70)(H,58,76)(H,59,77)/t25-,26-,27+,29+,32-,35-,36-,37-,39-,46-,82?/m0/s1. The van der Waals surface area contributed by atoms with Crippen LogP contribution in [0, 0.1) is 23.7 Å². The van der Waals surface area contributed by atoms with Crippen molar-refractivity contribution in [2.45, 2.75) is 118 Å². The highest BCUT2D eigenvalue weighted by Gasteiger charge is 2.45. The van der Waals surface area contributed by atoms with Crippen LogP contribution in [0.4, 0.5) is 0 Å². The minimum atomic E-state index is -2.43. The second-order valence-electron chi connectivity index (χ2n) is 21.3. The van der Waals surface area contributed by atoms with Crippen LogP contribution in [0.1, 0.15) is 70.4 Å². The predicted molar refractivity (Wildman–Crippen MR) is 292 cm³/mol. The van der Waals surface area contributed by atoms with Crippen molar-refractivity contribution in [2.75, 3.05) is 58.7 Å². The van der Waals surface area contributed by atoms with E-state index in [0.717, 1.165) is 22.0 Å². The summed E-state index contributed by atoms with van der Waals surface area (Å²) in [5, 5.41) is 44.6. The van der Waals surface area contributed by atoms with Crippen molar-refractivity contribution in [3.05, 3.63) is 35.4 Å². The maximum absolute atomic E-state index is 15.3. The van der Waals surface area contributed by atoms with E-state index < -0.39 is 200 Å². The molecule has 446 valence electrons. The number of likely N-dealkylation sites (tertiary alicyclic amines) is 1. The SMILES string of the molecule is CC[C@H](C)[C@@H]1CC(=O)CNC(=O)[C@H]2CC(=O)[C@H]([C@@H](C)[C@@H](O)CO)NC(=O)[C@@H]3C[C@@H](O)CN3C(=O)[C@H](CC(N)=O)NC(=O)[C@H](CS(=O)c3[nH]c4c(CSC5CN(C(=O)CCN6C(=O)C=CC6=O)C5)c(OC)ccc4c3C2)NC(=O)CNC1=O. The Hall–Kier alpha value is -7.08. The maximum Gasteiger partial charge on any atom is 0.253 e. The van der Waals surface area contributed by atoms with Crippen LogP contribution in [0.25, 0.3) is 10.9 Å². The molecule has 29 heteroatoms. The van der Waals surface area contributed by atoms with Crippen molar-refractivity contribution < 1.29 is 81.8 Å². The first-order valence-electron chi connectivity index (χ1n) is 27.0. The number of aliphatic hydroxyl groups is 3. The first-order chi connectivity index (χ1) is 38.9. The molecule has 2 bridgehead atoms. The van der Waals surface area contributed by atoms with Crippen molar-refractivity contribution in [2.24, 2.45) is 29.4 Å². The van der Waals surface area contributed by atoms with E-state index in [2.05, 4.69) is 31.6 Å². The maximum atomic E-state index is 15.3. The highest BCUT2D eigenvalue weighted by atomic mass is 32.2. The molecule has 11 N–H and O–H groups in total. The summed E-state index contributed by atoms with van der Waals surface area (Å²) in [6, 6.07) is -3.77. The molecule has 1 aromatic heterocycles. The number of nitrogens with two attached hydrogens (primary N) is 1. The Labute approximate surface area is 477 Å². The largest absolute Gasteiger partial charge is 0.496 e. The number of ether oxygens (including phenoxy) is 1. The average molecular weight is 1180 g/mol. The topological polar surface area (TPSA) is 404 Å². The molecule has 2 fully saturated rings. The van der Waals surface area contributed by atoms with E-state index in [1.54, 1.807) is 30.9 Å². The van der Waals surface area contributed by atoms with E-state index in [4.69, 9.17) is 10.5 Å². The molecule has 1 aromatic carbocycles. The van der Waals surface area contributed by atoms with Gasteiger partial charge in [0.2, 0.25) is 47.3 Å². The summed E-state index contributed by atoms with van der Waals surface area (Å²) in [5.74, 6) is -14.2. The van der Waals surface area contributed by atoms with E-state index in [9.17, 15) is 72.9 Å². The number of ketones is 2. The zero-order chi connectivity index (χ0) is 59.9. The molecule has 6 heterocycles. The first-order valence-corrected chi connectivity index (χ1v) is 29.4. The summed E-state index contributed by atoms with van der Waals surface area (Å²) in [5.41, 5.74) is 6.58. The number of amides is 10. The summed E-state index contributed by atoms with van der Waals surface area (Å²) in [6.07, 6.45) is -3.26. The van der Waals surface area contributed by atoms with Gasteiger partial charge >= 0.3 is 0 Å². The number of Topliss-reactive ketones (excluding diaryl/α,β-unsaturated/α-hetero) is 2. The van der Waals surface area contributed by atoms with E-state index >= 15 is 4.21 Å². The highest BCUT2D eigenvalue weighted by Crippen LogP contribution is 2.39. The van der Waals surface area contributed by atoms with Gasteiger partial charge in [-0.25, -0.2) is 0 Å². The van der Waals surface area contributed by atoms with Crippen molar-refractivity contribution in [3.63, 3.8) is 0 Å². The number of aromatic nitrogens is 1. The molecule has 11 atom stereocenters. The van der Waals surface area contributed by atoms with Gasteiger partial charge in [-0.2, -0.15) is 0 Å². The van der Waals surface area contributed by atoms with Crippen molar-refractivity contribution in [3.8, 4) is 5.75 Å². The number of aliphatic hydroxyl groups excluding tert-OH is 3. The zero-order valence-electron chi connectivity index (χ0n) is 45.8. The number of rotatable bonds is 14. The number of H-pyrrole nitrogens is 1. The number of primary amides is 1. The molecule has 0 radical (unpaired) electrons. The van der Waals surface area contributed by atoms with Crippen LogP contribution < -0.4 is 37.1 Å². The Morgan fingerprint density at radius 2 is 1.59 bits per heavy atom. The van der Waals surface area contributed by atoms with Gasteiger partial charge in [0.15, 0.2) is 11.6 Å². The fraction of sp³-hybridized carbons (Fsp3) is 0.585. The number of methoxy groups -OCH3 is 1. The lowest BCUT2D eigenvalue weighted by molar-refractivity contribution is -0.144. The van der Waals surface area contributed by atoms with Crippen LogP contribution >= 0.6 is 11.8 Å². The van der Waals surface area contributed by atoms with Gasteiger partial charge in [-0.3, -0.25) is 66.6 Å². The monoisotopic (exact) mass is 1180 g/mol. The quantitative estimate of drug-likeness (QED) is 0.0815. The molecule has 0 saturated carbocycles. The molecule has 82 heavy (non-hydrogen) atoms. The van der Waals surface area contributed by atoms with Crippen LogP contribution in [0.3, 0.4) is 0 Å². The summed E-state index contributed by atoms with van der Waals surface area (Å²) >= 11 is 1.44. The Morgan fingerprint density at radius 3 is 2.24 bits per heavy atom. The molecule has 2 aromatic rings. The van der Waals surface area contributed by atoms with E-state index in [-0.39, 0.29) is 40.5 Å². The van der Waals surface area contributed by atoms with E-state index in [1.807, 2.05) is 0 Å². The zero-order valence-corrected chi connectivity index (χ0v) is 47.4. The molecular formula is C53H70N10O17S2. The third-order valence-corrected chi connectivity index (χ3v) is 18.4. The molecule has 5 aliphatic rings. The van der Waals surface area contributed by atoms with Crippen LogP contribution in [0.15, 0.2) is 29.3 Å². The predicted octanol–water partition coefficient (Wildman–Crippen LogP) is -3.68. The Bertz CT molecular complexity index is 2930. The van der Waals surface area contributed by atoms with Gasteiger partial charge in [0.1, 0.15) is 28.9 Å². The lowest BCUT2D eigenvalue weighted by Crippen LogP contribution is -2.60. The van der Waals surface area contributed by atoms with Crippen LogP contribution in [-0.2, 0) is 80.5 Å². The Kier molecular flexibility index (Phi) is 20.8. The number of fused-ring (bicyclic) bond motifs is 5. The smallest absolute Gasteiger partial charge is 0.253 e. The molecular weight excluding hydrogens is 1110 g/mol. The van der Waals surface area contributed by atoms with Crippen molar-refractivity contribution in [1.29, 1.82) is 0 Å². The average Bonchev–Trinajstić information content (AvgIpc) is 4.34. The molecule has 0 aliphatic carbocycles. The van der Waals surface area contributed by atoms with Gasteiger partial charge in [0.25, 0.3) is 11.8 Å². The number of imide groups is 1. The molecule has 2 saturated heterocycles. The minimum absolute atomic E-state index is 0.0771. The molecule has 0 spiro atoms. The second-order valence-corrected chi connectivity index (χ2v) is 24.1. The normalized spacial score (nSPS) is 26.9. The number of nitrogens with zero attached hydrogens (tertiary/aromatic N) is 3. The molecule has 10 amide bonds. The molecule has 1 unspecified atom stereocenters. The Balaban J connectivity index is 1.34. The third kappa shape index (κ3) is 14.6. The first kappa shape index (κ1) is 62.5. The van der Waals surface area contributed by atoms with Crippen molar-refractivity contribution in [1.82, 2.24) is 46.3 Å². The van der Waals surface area contributed by atoms with Crippen molar-refractivity contribution >= 4 is 104 Å². The summed E-state index contributed by atoms with van der Waals surface area (Å²) in [4.78, 5) is 171. The highest BCUT2D eigenvalue weighted by molar-refractivity contribution is 7.99. The number of carbonyl (C=O) groups is 12. The number of nitrogens with one attached hydrogen (secondary N) is 6. The fourth-order valence-electron chi connectivity index (χ4n) is 10.7. The molecule has 27 nitrogen and oxygen atoms in total. The number of carbonyl (C=O) groups excluding carboxylic acids is 12. The second kappa shape index (κ2) is 27.3. The van der Waals surface area contributed by atoms with Gasteiger partial charge < -0.3 is 67.2 Å². The number of hydrogen-bond acceptors (Lipinski definition) is 18. The van der Waals surface area contributed by atoms with Gasteiger partial charge in [-0.15, -0.1) is 11.8 Å². The summed E-state index contributed by atoms with van der Waals surface area (Å²) in [6.45, 7) is 2.60.